The predicted octanol–water partition coefficient (Wildman–Crippen LogP) is 2.01. The molecule has 0 aliphatic rings. The highest BCUT2D eigenvalue weighted by Crippen LogP contribution is 2.22. The van der Waals surface area contributed by atoms with Crippen molar-refractivity contribution in [2.45, 2.75) is 6.42 Å². The SMILES string of the molecule is C=CCCNC(=O)c1cc(OC)cc(OC)c1. The molecule has 0 heterocycles. The predicted molar refractivity (Wildman–Crippen MR) is 66.7 cm³/mol. The van der Waals surface area contributed by atoms with Gasteiger partial charge in [0.25, 0.3) is 5.91 Å². The second-order valence-corrected chi connectivity index (χ2v) is 3.43. The Balaban J connectivity index is 2.81. The Hall–Kier alpha value is -1.97. The van der Waals surface area contributed by atoms with Gasteiger partial charge in [-0.1, -0.05) is 6.08 Å². The van der Waals surface area contributed by atoms with E-state index in [4.69, 9.17) is 9.47 Å². The molecule has 92 valence electrons. The van der Waals surface area contributed by atoms with Crippen LogP contribution in [0.4, 0.5) is 0 Å². The Bertz CT molecular complexity index is 379. The molecule has 1 aromatic carbocycles. The highest BCUT2D eigenvalue weighted by atomic mass is 16.5. The summed E-state index contributed by atoms with van der Waals surface area (Å²) in [7, 11) is 3.10. The summed E-state index contributed by atoms with van der Waals surface area (Å²) >= 11 is 0. The fourth-order valence-corrected chi connectivity index (χ4v) is 1.33. The van der Waals surface area contributed by atoms with Gasteiger partial charge in [-0.3, -0.25) is 4.79 Å². The number of rotatable bonds is 6. The molecule has 1 amide bonds. The van der Waals surface area contributed by atoms with E-state index in [1.807, 2.05) is 0 Å². The first kappa shape index (κ1) is 13.1. The van der Waals surface area contributed by atoms with Crippen molar-refractivity contribution >= 4 is 5.91 Å². The summed E-state index contributed by atoms with van der Waals surface area (Å²) in [4.78, 5) is 11.8. The topological polar surface area (TPSA) is 47.6 Å². The van der Waals surface area contributed by atoms with Crippen molar-refractivity contribution in [3.8, 4) is 11.5 Å². The van der Waals surface area contributed by atoms with Crippen LogP contribution >= 0.6 is 0 Å². The van der Waals surface area contributed by atoms with Gasteiger partial charge in [-0.25, -0.2) is 0 Å². The summed E-state index contributed by atoms with van der Waals surface area (Å²) in [6, 6.07) is 5.07. The number of hydrogen-bond donors (Lipinski definition) is 1. The van der Waals surface area contributed by atoms with Crippen LogP contribution in [0.3, 0.4) is 0 Å². The zero-order valence-electron chi connectivity index (χ0n) is 10.2. The molecule has 1 N–H and O–H groups in total. The van der Waals surface area contributed by atoms with Crippen LogP contribution in [0.2, 0.25) is 0 Å². The molecule has 1 rings (SSSR count). The molecule has 0 atom stereocenters. The van der Waals surface area contributed by atoms with Crippen molar-refractivity contribution in [2.75, 3.05) is 20.8 Å². The van der Waals surface area contributed by atoms with Gasteiger partial charge in [0, 0.05) is 18.2 Å². The van der Waals surface area contributed by atoms with Gasteiger partial charge in [0.15, 0.2) is 0 Å². The van der Waals surface area contributed by atoms with Gasteiger partial charge in [0.05, 0.1) is 14.2 Å². The summed E-state index contributed by atoms with van der Waals surface area (Å²) < 4.78 is 10.2. The van der Waals surface area contributed by atoms with E-state index in [1.165, 1.54) is 0 Å². The summed E-state index contributed by atoms with van der Waals surface area (Å²) in [5.74, 6) is 1.04. The summed E-state index contributed by atoms with van der Waals surface area (Å²) in [6.45, 7) is 4.17. The maximum atomic E-state index is 11.8. The third kappa shape index (κ3) is 3.83. The first-order chi connectivity index (χ1) is 8.21. The molecule has 4 heteroatoms. The largest absolute Gasteiger partial charge is 0.497 e. The van der Waals surface area contributed by atoms with Gasteiger partial charge in [-0.05, 0) is 18.6 Å². The van der Waals surface area contributed by atoms with Crippen molar-refractivity contribution in [1.82, 2.24) is 5.32 Å². The molecule has 0 spiro atoms. The highest BCUT2D eigenvalue weighted by Gasteiger charge is 2.08. The van der Waals surface area contributed by atoms with Crippen molar-refractivity contribution in [3.63, 3.8) is 0 Å². The minimum Gasteiger partial charge on any atom is -0.497 e. The van der Waals surface area contributed by atoms with Crippen molar-refractivity contribution < 1.29 is 14.3 Å². The van der Waals surface area contributed by atoms with Crippen LogP contribution in [-0.4, -0.2) is 26.7 Å². The maximum absolute atomic E-state index is 11.8. The molecule has 0 aromatic heterocycles. The van der Waals surface area contributed by atoms with Crippen molar-refractivity contribution in [3.05, 3.63) is 36.4 Å². The Morgan fingerprint density at radius 3 is 2.35 bits per heavy atom. The lowest BCUT2D eigenvalue weighted by Crippen LogP contribution is -2.24. The molecule has 4 nitrogen and oxygen atoms in total. The average Bonchev–Trinajstić information content (AvgIpc) is 2.38. The summed E-state index contributed by atoms with van der Waals surface area (Å²) in [5, 5.41) is 2.78. The molecular weight excluding hydrogens is 218 g/mol. The lowest BCUT2D eigenvalue weighted by molar-refractivity contribution is 0.0953. The van der Waals surface area contributed by atoms with Gasteiger partial charge in [-0.15, -0.1) is 6.58 Å². The second kappa shape index (κ2) is 6.58. The third-order valence-electron chi connectivity index (χ3n) is 2.25. The van der Waals surface area contributed by atoms with E-state index in [0.717, 1.165) is 6.42 Å². The summed E-state index contributed by atoms with van der Waals surface area (Å²) in [6.07, 6.45) is 2.50. The van der Waals surface area contributed by atoms with Gasteiger partial charge in [-0.2, -0.15) is 0 Å². The van der Waals surface area contributed by atoms with Crippen LogP contribution in [0, 0.1) is 0 Å². The minimum atomic E-state index is -0.149. The first-order valence-corrected chi connectivity index (χ1v) is 5.33. The van der Waals surface area contributed by atoms with Crippen LogP contribution in [-0.2, 0) is 0 Å². The molecule has 0 saturated heterocycles. The van der Waals surface area contributed by atoms with Gasteiger partial charge < -0.3 is 14.8 Å². The van der Waals surface area contributed by atoms with E-state index < -0.39 is 0 Å². The fraction of sp³-hybridized carbons (Fsp3) is 0.308. The van der Waals surface area contributed by atoms with Crippen LogP contribution < -0.4 is 14.8 Å². The molecule has 0 unspecified atom stereocenters. The smallest absolute Gasteiger partial charge is 0.251 e. The Morgan fingerprint density at radius 1 is 1.29 bits per heavy atom. The molecule has 0 bridgehead atoms. The molecular formula is C13H17NO3. The number of ether oxygens (including phenoxy) is 2. The molecule has 1 aromatic rings. The second-order valence-electron chi connectivity index (χ2n) is 3.43. The molecule has 0 aliphatic heterocycles. The van der Waals surface area contributed by atoms with E-state index in [1.54, 1.807) is 38.5 Å². The molecule has 0 aliphatic carbocycles. The van der Waals surface area contributed by atoms with Crippen LogP contribution in [0.5, 0.6) is 11.5 Å². The number of methoxy groups -OCH3 is 2. The molecule has 0 fully saturated rings. The van der Waals surface area contributed by atoms with Gasteiger partial charge in [0.1, 0.15) is 11.5 Å². The number of hydrogen-bond acceptors (Lipinski definition) is 3. The van der Waals surface area contributed by atoms with Crippen LogP contribution in [0.15, 0.2) is 30.9 Å². The third-order valence-corrected chi connectivity index (χ3v) is 2.25. The maximum Gasteiger partial charge on any atom is 0.251 e. The number of benzene rings is 1. The first-order valence-electron chi connectivity index (χ1n) is 5.33. The Kier molecular flexibility index (Phi) is 5.07. The normalized spacial score (nSPS) is 9.53. The lowest BCUT2D eigenvalue weighted by atomic mass is 10.2. The fourth-order valence-electron chi connectivity index (χ4n) is 1.33. The van der Waals surface area contributed by atoms with Crippen LogP contribution in [0.25, 0.3) is 0 Å². The monoisotopic (exact) mass is 235 g/mol. The quantitative estimate of drug-likeness (QED) is 0.606. The van der Waals surface area contributed by atoms with Crippen molar-refractivity contribution in [1.29, 1.82) is 0 Å². The molecule has 17 heavy (non-hydrogen) atoms. The minimum absolute atomic E-state index is 0.149. The van der Waals surface area contributed by atoms with E-state index in [0.29, 0.717) is 23.6 Å². The zero-order valence-corrected chi connectivity index (χ0v) is 10.2. The van der Waals surface area contributed by atoms with Crippen molar-refractivity contribution in [2.24, 2.45) is 0 Å². The van der Waals surface area contributed by atoms with E-state index in [2.05, 4.69) is 11.9 Å². The van der Waals surface area contributed by atoms with Crippen LogP contribution in [0.1, 0.15) is 16.8 Å². The van der Waals surface area contributed by atoms with E-state index in [9.17, 15) is 4.79 Å². The molecule has 0 saturated carbocycles. The highest BCUT2D eigenvalue weighted by molar-refractivity contribution is 5.95. The number of nitrogens with one attached hydrogen (secondary N) is 1. The molecule has 0 radical (unpaired) electrons. The standard InChI is InChI=1S/C13H17NO3/c1-4-5-6-14-13(15)10-7-11(16-2)9-12(8-10)17-3/h4,7-9H,1,5-6H2,2-3H3,(H,14,15). The number of amides is 1. The average molecular weight is 235 g/mol. The Labute approximate surface area is 101 Å². The number of carbonyl (C=O) groups excluding carboxylic acids is 1. The lowest BCUT2D eigenvalue weighted by Gasteiger charge is -2.08. The van der Waals surface area contributed by atoms with Gasteiger partial charge in [0.2, 0.25) is 0 Å². The van der Waals surface area contributed by atoms with E-state index >= 15 is 0 Å². The number of carbonyl (C=O) groups is 1. The van der Waals surface area contributed by atoms with Gasteiger partial charge >= 0.3 is 0 Å². The zero-order chi connectivity index (χ0) is 12.7. The Morgan fingerprint density at radius 2 is 1.88 bits per heavy atom. The van der Waals surface area contributed by atoms with E-state index in [-0.39, 0.29) is 5.91 Å². The summed E-state index contributed by atoms with van der Waals surface area (Å²) in [5.41, 5.74) is 0.519.